The van der Waals surface area contributed by atoms with E-state index >= 15 is 0 Å². The van der Waals surface area contributed by atoms with E-state index in [1.54, 1.807) is 0 Å². The Morgan fingerprint density at radius 1 is 1.07 bits per heavy atom. The van der Waals surface area contributed by atoms with Gasteiger partial charge in [-0.1, -0.05) is 59.5 Å². The predicted octanol–water partition coefficient (Wildman–Crippen LogP) is 6.37. The van der Waals surface area contributed by atoms with Gasteiger partial charge in [-0.15, -0.1) is 0 Å². The molecule has 5 fully saturated rings. The lowest BCUT2D eigenvalue weighted by molar-refractivity contribution is -0.198. The number of fused-ring (bicyclic) bond motifs is 2. The van der Waals surface area contributed by atoms with E-state index in [-0.39, 0.29) is 47.6 Å². The van der Waals surface area contributed by atoms with E-state index in [1.807, 2.05) is 19.9 Å². The van der Waals surface area contributed by atoms with Crippen LogP contribution in [0.4, 0.5) is 0 Å². The number of ketones is 1. The molecule has 5 aliphatic carbocycles. The number of nitrogens with two attached hydrogens (primary N) is 1. The lowest BCUT2D eigenvalue weighted by atomic mass is 9.41. The molecule has 9 nitrogen and oxygen atoms in total. The minimum atomic E-state index is -1.34. The van der Waals surface area contributed by atoms with Crippen molar-refractivity contribution in [2.45, 2.75) is 179 Å². The minimum Gasteiger partial charge on any atom is -0.396 e. The van der Waals surface area contributed by atoms with Crippen LogP contribution in [0.2, 0.25) is 0 Å². The molecular weight excluding hydrogens is 693 g/mol. The van der Waals surface area contributed by atoms with Gasteiger partial charge in [0.2, 0.25) is 0 Å². The number of nitrogens with one attached hydrogen (secondary N) is 1. The summed E-state index contributed by atoms with van der Waals surface area (Å²) in [5.41, 5.74) is 4.40. The number of carbonyl (C=O) groups excluding carboxylic acids is 1. The first-order valence-electron chi connectivity index (χ1n) is 22.3. The first-order chi connectivity index (χ1) is 26.1. The number of carbonyl (C=O) groups is 1. The summed E-state index contributed by atoms with van der Waals surface area (Å²) in [6.07, 6.45) is 17.6. The molecule has 3 saturated carbocycles. The standard InChI is InChI=1S/C46H72N2O7/c1-6-7-8-9-17-44-20-13-31(50)25-34(44)38(51)32-11-10-30-24-35(42(4)19-14-33(44)37(32)46(30,42)53)45(26-28(2)16-22-54-45)40-39(55-40)43(5,52)41(3,27-49)18-12-29-15-21-48-36(47)23-29/h15,23,28,30-31,33-35,39-40,48-50,52-53H,6-14,16-22,24-27,47H2,1-5H3/t28-,30-,31-,33-,34-,35-,39-,40-,41-,42+,43-,44+,45+,46+/m0/s1. The molecule has 308 valence electrons. The average molecular weight is 765 g/mol. The predicted molar refractivity (Wildman–Crippen MR) is 212 cm³/mol. The maximum atomic E-state index is 14.8. The smallest absolute Gasteiger partial charge is 0.162 e. The number of Topliss-reactive ketones (excluding diaryl/α,β-unsaturated/α-hetero) is 1. The number of hydrogen-bond acceptors (Lipinski definition) is 9. The summed E-state index contributed by atoms with van der Waals surface area (Å²) in [7, 11) is 0. The second-order valence-corrected chi connectivity index (χ2v) is 20.6. The summed E-state index contributed by atoms with van der Waals surface area (Å²) >= 11 is 0. The molecule has 3 heterocycles. The van der Waals surface area contributed by atoms with Crippen LogP contribution in [-0.2, 0) is 14.3 Å². The summed E-state index contributed by atoms with van der Waals surface area (Å²) < 4.78 is 13.9. The molecule has 0 aromatic rings. The van der Waals surface area contributed by atoms with Crippen LogP contribution in [-0.4, -0.2) is 81.1 Å². The van der Waals surface area contributed by atoms with Gasteiger partial charge in [-0.05, 0) is 142 Å². The van der Waals surface area contributed by atoms with Gasteiger partial charge < -0.3 is 41.0 Å². The molecule has 2 saturated heterocycles. The topological polar surface area (TPSA) is 158 Å². The molecule has 0 spiro atoms. The third-order valence-corrected chi connectivity index (χ3v) is 17.8. The van der Waals surface area contributed by atoms with E-state index in [2.05, 4.69) is 32.2 Å². The van der Waals surface area contributed by atoms with Gasteiger partial charge in [-0.3, -0.25) is 4.79 Å². The number of ether oxygens (including phenoxy) is 2. The SMILES string of the molecule is CCCCCC[C@]12CC[C@H](O)C[C@H]1C(=O)C1=C3[C@@H]2CC[C@]2(C)[C@@H]([C@@]4([C@H]5O[C@@H]5[C@](C)(O)[C@](C)(CO)CCC5=CCNC(N)=C5)C[C@@H](C)CCO4)C[C@H](CC1)[C@@]32O. The minimum absolute atomic E-state index is 0.0220. The van der Waals surface area contributed by atoms with Crippen LogP contribution in [0.5, 0.6) is 0 Å². The van der Waals surface area contributed by atoms with Crippen LogP contribution >= 0.6 is 0 Å². The summed E-state index contributed by atoms with van der Waals surface area (Å²) in [5, 5.41) is 51.3. The zero-order valence-electron chi connectivity index (χ0n) is 34.5. The summed E-state index contributed by atoms with van der Waals surface area (Å²) in [4.78, 5) is 14.8. The van der Waals surface area contributed by atoms with Crippen molar-refractivity contribution in [3.8, 4) is 0 Å². The largest absolute Gasteiger partial charge is 0.396 e. The van der Waals surface area contributed by atoms with Gasteiger partial charge >= 0.3 is 0 Å². The van der Waals surface area contributed by atoms with Crippen LogP contribution in [0, 0.1) is 45.8 Å². The zero-order chi connectivity index (χ0) is 39.2. The van der Waals surface area contributed by atoms with Gasteiger partial charge in [-0.25, -0.2) is 0 Å². The first-order valence-corrected chi connectivity index (χ1v) is 22.3. The van der Waals surface area contributed by atoms with Crippen molar-refractivity contribution in [3.63, 3.8) is 0 Å². The monoisotopic (exact) mass is 765 g/mol. The van der Waals surface area contributed by atoms with E-state index in [0.29, 0.717) is 50.6 Å². The molecule has 0 aromatic carbocycles. The van der Waals surface area contributed by atoms with Crippen LogP contribution in [0.25, 0.3) is 0 Å². The Morgan fingerprint density at radius 3 is 2.60 bits per heavy atom. The maximum Gasteiger partial charge on any atom is 0.162 e. The van der Waals surface area contributed by atoms with E-state index < -0.39 is 39.8 Å². The van der Waals surface area contributed by atoms with Gasteiger partial charge in [0.15, 0.2) is 5.78 Å². The van der Waals surface area contributed by atoms with Crippen molar-refractivity contribution in [3.05, 3.63) is 34.7 Å². The second-order valence-electron chi connectivity index (χ2n) is 20.6. The Bertz CT molecular complexity index is 1610. The number of rotatable bonds is 13. The van der Waals surface area contributed by atoms with Crippen LogP contribution in [0.1, 0.15) is 144 Å². The maximum absolute atomic E-state index is 14.8. The fraction of sp³-hybridized carbons (Fsp3) is 0.848. The van der Waals surface area contributed by atoms with Crippen LogP contribution in [0.3, 0.4) is 0 Å². The van der Waals surface area contributed by atoms with Crippen molar-refractivity contribution in [2.24, 2.45) is 51.6 Å². The average Bonchev–Trinajstić information content (AvgIpc) is 3.94. The quantitative estimate of drug-likeness (QED) is 0.0926. The van der Waals surface area contributed by atoms with Gasteiger partial charge in [-0.2, -0.15) is 0 Å². The highest BCUT2D eigenvalue weighted by molar-refractivity contribution is 6.00. The molecule has 0 amide bonds. The molecule has 8 aliphatic rings. The lowest BCUT2D eigenvalue weighted by Gasteiger charge is -2.64. The molecule has 0 aromatic heterocycles. The number of unbranched alkanes of at least 4 members (excludes halogenated alkanes) is 3. The number of allylic oxidation sites excluding steroid dienone is 3. The van der Waals surface area contributed by atoms with Crippen LogP contribution < -0.4 is 11.1 Å². The van der Waals surface area contributed by atoms with Crippen molar-refractivity contribution in [1.82, 2.24) is 5.32 Å². The van der Waals surface area contributed by atoms with Crippen molar-refractivity contribution in [1.29, 1.82) is 0 Å². The Morgan fingerprint density at radius 2 is 1.87 bits per heavy atom. The summed E-state index contributed by atoms with van der Waals surface area (Å²) in [6.45, 7) is 11.7. The molecule has 0 bridgehead atoms. The molecule has 9 heteroatoms. The summed E-state index contributed by atoms with van der Waals surface area (Å²) in [5.74, 6) is 1.26. The third kappa shape index (κ3) is 5.92. The van der Waals surface area contributed by atoms with Gasteiger partial charge in [0.1, 0.15) is 17.8 Å². The number of dihydropyridines is 1. The highest BCUT2D eigenvalue weighted by Crippen LogP contribution is 2.75. The molecule has 14 atom stereocenters. The van der Waals surface area contributed by atoms with E-state index in [0.717, 1.165) is 87.3 Å². The normalized spacial score (nSPS) is 45.7. The summed E-state index contributed by atoms with van der Waals surface area (Å²) in [6, 6.07) is 0. The van der Waals surface area contributed by atoms with E-state index in [4.69, 9.17) is 15.2 Å². The van der Waals surface area contributed by atoms with Gasteiger partial charge in [0, 0.05) is 29.9 Å². The number of epoxide rings is 1. The Labute approximate surface area is 330 Å². The number of aliphatic hydroxyl groups is 4. The first kappa shape index (κ1) is 40.0. The fourth-order valence-electron chi connectivity index (χ4n) is 14.3. The Kier molecular flexibility index (Phi) is 10.4. The molecular formula is C46H72N2O7. The Balaban J connectivity index is 1.13. The third-order valence-electron chi connectivity index (χ3n) is 17.8. The van der Waals surface area contributed by atoms with Gasteiger partial charge in [0.05, 0.1) is 29.7 Å². The molecule has 7 N–H and O–H groups in total. The highest BCUT2D eigenvalue weighted by Gasteiger charge is 2.78. The molecule has 0 unspecified atom stereocenters. The molecule has 55 heavy (non-hydrogen) atoms. The van der Waals surface area contributed by atoms with Crippen molar-refractivity contribution < 1.29 is 34.7 Å². The van der Waals surface area contributed by atoms with E-state index in [1.165, 1.54) is 12.8 Å². The van der Waals surface area contributed by atoms with Crippen molar-refractivity contribution in [2.75, 3.05) is 19.8 Å². The molecule has 3 aliphatic heterocycles. The second kappa shape index (κ2) is 14.2. The molecule has 8 rings (SSSR count). The van der Waals surface area contributed by atoms with Gasteiger partial charge in [0.25, 0.3) is 0 Å². The van der Waals surface area contributed by atoms with Crippen molar-refractivity contribution >= 4 is 5.78 Å². The molecule has 0 radical (unpaired) electrons. The zero-order valence-corrected chi connectivity index (χ0v) is 34.5. The van der Waals surface area contributed by atoms with Crippen LogP contribution in [0.15, 0.2) is 34.7 Å². The van der Waals surface area contributed by atoms with E-state index in [9.17, 15) is 25.2 Å². The highest BCUT2D eigenvalue weighted by atomic mass is 16.6. The number of aliphatic hydroxyl groups excluding tert-OH is 2. The Hall–Kier alpha value is -1.75. The number of hydrogen-bond donors (Lipinski definition) is 6. The fourth-order valence-corrected chi connectivity index (χ4v) is 14.3. The lowest BCUT2D eigenvalue weighted by Crippen LogP contribution is -2.66.